The van der Waals surface area contributed by atoms with Crippen LogP contribution in [0.2, 0.25) is 0 Å². The summed E-state index contributed by atoms with van der Waals surface area (Å²) >= 11 is 0. The largest absolute Gasteiger partial charge is 0.378 e. The van der Waals surface area contributed by atoms with Crippen LogP contribution >= 0.6 is 0 Å². The van der Waals surface area contributed by atoms with Gasteiger partial charge in [0.25, 0.3) is 0 Å². The van der Waals surface area contributed by atoms with Crippen molar-refractivity contribution in [3.05, 3.63) is 0 Å². The Labute approximate surface area is 134 Å². The lowest BCUT2D eigenvalue weighted by atomic mass is 9.77. The Morgan fingerprint density at radius 2 is 1.95 bits per heavy atom. The van der Waals surface area contributed by atoms with Gasteiger partial charge in [0.15, 0.2) is 0 Å². The summed E-state index contributed by atoms with van der Waals surface area (Å²) in [5.74, 6) is 1.07. The molecule has 3 fully saturated rings. The topological polar surface area (TPSA) is 55.8 Å². The quantitative estimate of drug-likeness (QED) is 0.716. The molecule has 1 atom stereocenters. The first-order valence-corrected chi connectivity index (χ1v) is 10.3. The Morgan fingerprint density at radius 1 is 1.23 bits per heavy atom. The fraction of sp³-hybridized carbons (Fsp3) is 1.00. The third-order valence-electron chi connectivity index (χ3n) is 5.28. The third kappa shape index (κ3) is 4.02. The molecule has 1 aliphatic carbocycles. The van der Waals surface area contributed by atoms with Crippen LogP contribution in [0.25, 0.3) is 0 Å². The summed E-state index contributed by atoms with van der Waals surface area (Å²) in [5.41, 5.74) is 0.186. The minimum absolute atomic E-state index is 0.186. The minimum Gasteiger partial charge on any atom is -0.378 e. The van der Waals surface area contributed by atoms with Crippen LogP contribution in [0.3, 0.4) is 0 Å². The van der Waals surface area contributed by atoms with Crippen LogP contribution in [0.4, 0.5) is 0 Å². The van der Waals surface area contributed by atoms with Gasteiger partial charge in [0.1, 0.15) is 0 Å². The smallest absolute Gasteiger partial charge is 0.214 e. The van der Waals surface area contributed by atoms with Gasteiger partial charge in [-0.25, -0.2) is 12.7 Å². The molecule has 0 aromatic heterocycles. The molecule has 2 saturated heterocycles. The number of ether oxygens (including phenoxy) is 2. The number of piperidine rings is 1. The van der Waals surface area contributed by atoms with E-state index in [0.717, 1.165) is 38.4 Å². The van der Waals surface area contributed by atoms with Crippen molar-refractivity contribution in [2.75, 3.05) is 38.7 Å². The van der Waals surface area contributed by atoms with Crippen LogP contribution in [0.1, 0.15) is 45.4 Å². The Morgan fingerprint density at radius 3 is 2.59 bits per heavy atom. The first-order chi connectivity index (χ1) is 10.5. The Kier molecular flexibility index (Phi) is 5.12. The normalized spacial score (nSPS) is 29.2. The van der Waals surface area contributed by atoms with Crippen molar-refractivity contribution in [1.82, 2.24) is 4.31 Å². The molecule has 0 aromatic carbocycles. The van der Waals surface area contributed by atoms with Crippen molar-refractivity contribution in [3.63, 3.8) is 0 Å². The Hall–Kier alpha value is -0.170. The van der Waals surface area contributed by atoms with Crippen molar-refractivity contribution >= 4 is 10.0 Å². The summed E-state index contributed by atoms with van der Waals surface area (Å²) < 4.78 is 37.6. The van der Waals surface area contributed by atoms with Crippen molar-refractivity contribution in [2.45, 2.75) is 51.6 Å². The summed E-state index contributed by atoms with van der Waals surface area (Å²) in [5, 5.41) is 0. The molecule has 2 aliphatic heterocycles. The van der Waals surface area contributed by atoms with Crippen LogP contribution in [0, 0.1) is 11.3 Å². The molecule has 6 heteroatoms. The van der Waals surface area contributed by atoms with Crippen molar-refractivity contribution in [1.29, 1.82) is 0 Å². The molecule has 0 N–H and O–H groups in total. The maximum atomic E-state index is 12.1. The second-order valence-corrected chi connectivity index (χ2v) is 9.42. The van der Waals surface area contributed by atoms with Crippen LogP contribution < -0.4 is 0 Å². The predicted molar refractivity (Wildman–Crippen MR) is 85.2 cm³/mol. The van der Waals surface area contributed by atoms with Gasteiger partial charge in [-0.15, -0.1) is 0 Å². The number of sulfonamides is 1. The SMILES string of the molecule is CCCS(=O)(=O)N1CCC2(CC1)CO[C@H](COCC1CC1)C2. The van der Waals surface area contributed by atoms with Gasteiger partial charge in [0.2, 0.25) is 10.0 Å². The fourth-order valence-corrected chi connectivity index (χ4v) is 5.14. The number of rotatable bonds is 7. The monoisotopic (exact) mass is 331 g/mol. The van der Waals surface area contributed by atoms with E-state index in [2.05, 4.69) is 0 Å². The van der Waals surface area contributed by atoms with E-state index in [9.17, 15) is 8.42 Å². The van der Waals surface area contributed by atoms with Crippen molar-refractivity contribution in [2.24, 2.45) is 11.3 Å². The summed E-state index contributed by atoms with van der Waals surface area (Å²) in [6.45, 7) is 5.58. The average Bonchev–Trinajstić information content (AvgIpc) is 3.22. The fourth-order valence-electron chi connectivity index (χ4n) is 3.63. The molecule has 3 aliphatic rings. The zero-order chi connectivity index (χ0) is 15.6. The van der Waals surface area contributed by atoms with Crippen LogP contribution in [0.5, 0.6) is 0 Å². The third-order valence-corrected chi connectivity index (χ3v) is 7.35. The summed E-state index contributed by atoms with van der Waals surface area (Å²) in [4.78, 5) is 0. The van der Waals surface area contributed by atoms with Gasteiger partial charge in [-0.2, -0.15) is 0 Å². The van der Waals surface area contributed by atoms with E-state index in [4.69, 9.17) is 9.47 Å². The lowest BCUT2D eigenvalue weighted by molar-refractivity contribution is 0.0103. The first kappa shape index (κ1) is 16.7. The van der Waals surface area contributed by atoms with Crippen molar-refractivity contribution in [3.8, 4) is 0 Å². The van der Waals surface area contributed by atoms with Crippen LogP contribution in [-0.2, 0) is 19.5 Å². The molecule has 0 bridgehead atoms. The molecule has 1 saturated carbocycles. The zero-order valence-electron chi connectivity index (χ0n) is 13.6. The highest BCUT2D eigenvalue weighted by Gasteiger charge is 2.44. The van der Waals surface area contributed by atoms with E-state index in [1.54, 1.807) is 4.31 Å². The van der Waals surface area contributed by atoms with Gasteiger partial charge in [0, 0.05) is 19.7 Å². The molecule has 0 unspecified atom stereocenters. The van der Waals surface area contributed by atoms with Crippen LogP contribution in [-0.4, -0.2) is 57.5 Å². The molecule has 22 heavy (non-hydrogen) atoms. The molecule has 1 spiro atoms. The second kappa shape index (κ2) is 6.75. The number of hydrogen-bond donors (Lipinski definition) is 0. The lowest BCUT2D eigenvalue weighted by Gasteiger charge is -2.37. The molecular formula is C16H29NO4S. The molecule has 0 radical (unpaired) electrons. The van der Waals surface area contributed by atoms with E-state index in [-0.39, 0.29) is 17.3 Å². The maximum Gasteiger partial charge on any atom is 0.214 e. The minimum atomic E-state index is -3.04. The second-order valence-electron chi connectivity index (χ2n) is 7.33. The van der Waals surface area contributed by atoms with Gasteiger partial charge in [-0.05, 0) is 49.9 Å². The highest BCUT2D eigenvalue weighted by molar-refractivity contribution is 7.89. The lowest BCUT2D eigenvalue weighted by Crippen LogP contribution is -2.44. The summed E-state index contributed by atoms with van der Waals surface area (Å²) in [6.07, 6.45) is 6.41. The molecule has 5 nitrogen and oxygen atoms in total. The standard InChI is InChI=1S/C16H29NO4S/c1-2-9-22(18,19)17-7-5-16(6-8-17)10-15(21-13-16)12-20-11-14-3-4-14/h14-15H,2-13H2,1H3/t15-/m0/s1. The van der Waals surface area contributed by atoms with E-state index < -0.39 is 10.0 Å². The average molecular weight is 331 g/mol. The van der Waals surface area contributed by atoms with Crippen molar-refractivity contribution < 1.29 is 17.9 Å². The number of nitrogens with zero attached hydrogens (tertiary/aromatic N) is 1. The predicted octanol–water partition coefficient (Wildman–Crippen LogP) is 2.02. The number of hydrogen-bond acceptors (Lipinski definition) is 4. The zero-order valence-corrected chi connectivity index (χ0v) is 14.4. The molecule has 0 aromatic rings. The first-order valence-electron chi connectivity index (χ1n) is 8.70. The molecular weight excluding hydrogens is 302 g/mol. The van der Waals surface area contributed by atoms with Gasteiger partial charge in [-0.1, -0.05) is 6.92 Å². The van der Waals surface area contributed by atoms with Gasteiger partial charge in [-0.3, -0.25) is 0 Å². The van der Waals surface area contributed by atoms with Gasteiger partial charge >= 0.3 is 0 Å². The van der Waals surface area contributed by atoms with E-state index in [0.29, 0.717) is 26.1 Å². The van der Waals surface area contributed by atoms with Gasteiger partial charge in [0.05, 0.1) is 25.1 Å². The highest BCUT2D eigenvalue weighted by Crippen LogP contribution is 2.42. The molecule has 0 amide bonds. The maximum absolute atomic E-state index is 12.1. The van der Waals surface area contributed by atoms with E-state index in [1.807, 2.05) is 6.92 Å². The highest BCUT2D eigenvalue weighted by atomic mass is 32.2. The van der Waals surface area contributed by atoms with Gasteiger partial charge < -0.3 is 9.47 Å². The molecule has 2 heterocycles. The summed E-state index contributed by atoms with van der Waals surface area (Å²) in [6, 6.07) is 0. The summed E-state index contributed by atoms with van der Waals surface area (Å²) in [7, 11) is -3.04. The molecule has 128 valence electrons. The van der Waals surface area contributed by atoms with E-state index in [1.165, 1.54) is 12.8 Å². The Balaban J connectivity index is 1.44. The molecule has 3 rings (SSSR count). The van der Waals surface area contributed by atoms with E-state index >= 15 is 0 Å². The Bertz CT molecular complexity index is 467. The van der Waals surface area contributed by atoms with Crippen LogP contribution in [0.15, 0.2) is 0 Å².